The van der Waals surface area contributed by atoms with E-state index in [0.717, 1.165) is 18.6 Å². The SMILES string of the molecule is CC(C)[C@H]1[C@@H]2O[C@@H]3C[C@H](C)CC[C@H]3C(C)(C)N2C(=O)[C@]1(C)CSc1ccccc1. The molecular weight excluding hydrogens is 378 g/mol. The maximum absolute atomic E-state index is 14.0. The van der Waals surface area contributed by atoms with Crippen LogP contribution in [0.3, 0.4) is 0 Å². The minimum atomic E-state index is -0.407. The standard InChI is InChI=1S/C25H37NO2S/c1-16(2)21-22-26(24(4,5)19-13-12-17(3)14-20(19)28-22)23(27)25(21,6)15-29-18-10-8-7-9-11-18/h7-11,16-17,19-22H,12-15H2,1-6H3/t17-,19-,20-,21+,22+,25-/m1/s1. The Morgan fingerprint density at radius 1 is 1.17 bits per heavy atom. The number of rotatable bonds is 4. The van der Waals surface area contributed by atoms with Gasteiger partial charge in [-0.1, -0.05) is 45.4 Å². The van der Waals surface area contributed by atoms with Crippen molar-refractivity contribution in [1.82, 2.24) is 4.90 Å². The molecule has 1 aromatic carbocycles. The van der Waals surface area contributed by atoms with E-state index in [1.165, 1.54) is 11.3 Å². The molecule has 1 aromatic rings. The molecule has 0 unspecified atom stereocenters. The summed E-state index contributed by atoms with van der Waals surface area (Å²) >= 11 is 1.81. The van der Waals surface area contributed by atoms with E-state index in [1.54, 1.807) is 0 Å². The minimum Gasteiger partial charge on any atom is -0.354 e. The molecule has 6 atom stereocenters. The van der Waals surface area contributed by atoms with Crippen molar-refractivity contribution >= 4 is 17.7 Å². The van der Waals surface area contributed by atoms with Crippen molar-refractivity contribution in [2.75, 3.05) is 5.75 Å². The van der Waals surface area contributed by atoms with Gasteiger partial charge in [0, 0.05) is 28.0 Å². The number of benzene rings is 1. The van der Waals surface area contributed by atoms with Crippen LogP contribution in [0.5, 0.6) is 0 Å². The van der Waals surface area contributed by atoms with Gasteiger partial charge in [-0.3, -0.25) is 4.79 Å². The molecule has 0 radical (unpaired) electrons. The van der Waals surface area contributed by atoms with Gasteiger partial charge in [0.15, 0.2) is 0 Å². The first kappa shape index (κ1) is 21.2. The smallest absolute Gasteiger partial charge is 0.232 e. The first-order chi connectivity index (χ1) is 13.7. The van der Waals surface area contributed by atoms with Crippen LogP contribution in [0.1, 0.15) is 60.8 Å². The number of thioether (sulfide) groups is 1. The molecule has 1 saturated carbocycles. The average Bonchev–Trinajstić information content (AvgIpc) is 2.88. The van der Waals surface area contributed by atoms with E-state index in [0.29, 0.717) is 23.7 Å². The Morgan fingerprint density at radius 3 is 2.52 bits per heavy atom. The number of fused-ring (bicyclic) bond motifs is 2. The molecule has 3 nitrogen and oxygen atoms in total. The summed E-state index contributed by atoms with van der Waals surface area (Å²) in [6.45, 7) is 13.7. The summed E-state index contributed by atoms with van der Waals surface area (Å²) < 4.78 is 6.81. The summed E-state index contributed by atoms with van der Waals surface area (Å²) in [5.41, 5.74) is -0.553. The molecule has 1 amide bonds. The van der Waals surface area contributed by atoms with E-state index >= 15 is 0 Å². The molecule has 160 valence electrons. The normalized spacial score (nSPS) is 38.8. The average molecular weight is 416 g/mol. The quantitative estimate of drug-likeness (QED) is 0.579. The van der Waals surface area contributed by atoms with Crippen LogP contribution in [-0.2, 0) is 9.53 Å². The van der Waals surface area contributed by atoms with Gasteiger partial charge in [-0.2, -0.15) is 0 Å². The van der Waals surface area contributed by atoms with Crippen molar-refractivity contribution < 1.29 is 9.53 Å². The molecule has 0 N–H and O–H groups in total. The highest BCUT2D eigenvalue weighted by Crippen LogP contribution is 2.56. The van der Waals surface area contributed by atoms with Crippen LogP contribution in [0.15, 0.2) is 35.2 Å². The Hall–Kier alpha value is -1.00. The second kappa shape index (κ2) is 7.60. The van der Waals surface area contributed by atoms with E-state index in [4.69, 9.17) is 4.74 Å². The van der Waals surface area contributed by atoms with E-state index < -0.39 is 5.41 Å². The molecule has 1 aliphatic carbocycles. The van der Waals surface area contributed by atoms with Crippen LogP contribution >= 0.6 is 11.8 Å². The summed E-state index contributed by atoms with van der Waals surface area (Å²) in [7, 11) is 0. The third-order valence-corrected chi connectivity index (χ3v) is 9.25. The van der Waals surface area contributed by atoms with Crippen LogP contribution in [0, 0.1) is 29.1 Å². The lowest BCUT2D eigenvalue weighted by molar-refractivity contribution is -0.231. The molecule has 0 spiro atoms. The van der Waals surface area contributed by atoms with Crippen molar-refractivity contribution in [2.45, 2.75) is 83.6 Å². The Labute approximate surface area is 181 Å². The zero-order chi connectivity index (χ0) is 21.0. The van der Waals surface area contributed by atoms with Crippen LogP contribution in [0.2, 0.25) is 0 Å². The number of ether oxygens (including phenoxy) is 1. The van der Waals surface area contributed by atoms with Gasteiger partial charge in [0.05, 0.1) is 11.5 Å². The van der Waals surface area contributed by atoms with Gasteiger partial charge in [-0.05, 0) is 57.6 Å². The molecule has 29 heavy (non-hydrogen) atoms. The first-order valence-corrected chi connectivity index (χ1v) is 12.3. The monoisotopic (exact) mass is 415 g/mol. The van der Waals surface area contributed by atoms with E-state index in [9.17, 15) is 4.79 Å². The van der Waals surface area contributed by atoms with Gasteiger partial charge in [-0.25, -0.2) is 0 Å². The lowest BCUT2D eigenvalue weighted by atomic mass is 9.69. The van der Waals surface area contributed by atoms with Gasteiger partial charge in [0.2, 0.25) is 5.91 Å². The number of amides is 1. The summed E-state index contributed by atoms with van der Waals surface area (Å²) in [5.74, 6) is 2.86. The van der Waals surface area contributed by atoms with Crippen molar-refractivity contribution in [3.63, 3.8) is 0 Å². The van der Waals surface area contributed by atoms with Crippen LogP contribution in [0.4, 0.5) is 0 Å². The van der Waals surface area contributed by atoms with Gasteiger partial charge < -0.3 is 9.64 Å². The largest absolute Gasteiger partial charge is 0.354 e. The van der Waals surface area contributed by atoms with Crippen molar-refractivity contribution in [2.24, 2.45) is 29.1 Å². The molecule has 4 heteroatoms. The molecule has 2 saturated heterocycles. The van der Waals surface area contributed by atoms with E-state index in [-0.39, 0.29) is 23.8 Å². The molecule has 2 heterocycles. The second-order valence-electron chi connectivity index (χ2n) is 10.7. The van der Waals surface area contributed by atoms with E-state index in [1.807, 2.05) is 17.8 Å². The van der Waals surface area contributed by atoms with Gasteiger partial charge >= 0.3 is 0 Å². The Balaban J connectivity index is 1.67. The maximum atomic E-state index is 14.0. The van der Waals surface area contributed by atoms with Gasteiger partial charge in [0.1, 0.15) is 6.23 Å². The summed E-state index contributed by atoms with van der Waals surface area (Å²) in [4.78, 5) is 17.4. The van der Waals surface area contributed by atoms with Crippen LogP contribution < -0.4 is 0 Å². The van der Waals surface area contributed by atoms with Crippen LogP contribution in [-0.4, -0.2) is 34.4 Å². The fraction of sp³-hybridized carbons (Fsp3) is 0.720. The number of hydrogen-bond donors (Lipinski definition) is 0. The molecule has 2 aliphatic heterocycles. The van der Waals surface area contributed by atoms with Gasteiger partial charge in [0.25, 0.3) is 0 Å². The number of hydrogen-bond acceptors (Lipinski definition) is 3. The number of carbonyl (C=O) groups excluding carboxylic acids is 1. The highest BCUT2D eigenvalue weighted by Gasteiger charge is 2.65. The zero-order valence-electron chi connectivity index (χ0n) is 18.9. The first-order valence-electron chi connectivity index (χ1n) is 11.3. The summed E-state index contributed by atoms with van der Waals surface area (Å²) in [6.07, 6.45) is 3.73. The molecule has 4 rings (SSSR count). The second-order valence-corrected chi connectivity index (χ2v) is 11.8. The molecule has 3 fully saturated rings. The highest BCUT2D eigenvalue weighted by molar-refractivity contribution is 7.99. The summed E-state index contributed by atoms with van der Waals surface area (Å²) in [6, 6.07) is 10.5. The number of carbonyl (C=O) groups is 1. The lowest BCUT2D eigenvalue weighted by Crippen LogP contribution is -2.64. The van der Waals surface area contributed by atoms with Crippen molar-refractivity contribution in [3.05, 3.63) is 30.3 Å². The maximum Gasteiger partial charge on any atom is 0.232 e. The predicted molar refractivity (Wildman–Crippen MR) is 120 cm³/mol. The van der Waals surface area contributed by atoms with Crippen LogP contribution in [0.25, 0.3) is 0 Å². The molecule has 0 aromatic heterocycles. The zero-order valence-corrected chi connectivity index (χ0v) is 19.7. The molecule has 3 aliphatic rings. The van der Waals surface area contributed by atoms with E-state index in [2.05, 4.69) is 70.7 Å². The minimum absolute atomic E-state index is 0.0922. The third-order valence-electron chi connectivity index (χ3n) is 7.90. The predicted octanol–water partition coefficient (Wildman–Crippen LogP) is 5.84. The van der Waals surface area contributed by atoms with Crippen molar-refractivity contribution in [3.8, 4) is 0 Å². The Kier molecular flexibility index (Phi) is 5.57. The van der Waals surface area contributed by atoms with Gasteiger partial charge in [-0.15, -0.1) is 11.8 Å². The van der Waals surface area contributed by atoms with Crippen molar-refractivity contribution in [1.29, 1.82) is 0 Å². The fourth-order valence-electron chi connectivity index (χ4n) is 6.36. The highest BCUT2D eigenvalue weighted by atomic mass is 32.2. The topological polar surface area (TPSA) is 29.5 Å². The molecular formula is C25H37NO2S. The third kappa shape index (κ3) is 3.44. The summed E-state index contributed by atoms with van der Waals surface area (Å²) in [5, 5.41) is 0. The Morgan fingerprint density at radius 2 is 1.86 bits per heavy atom. The molecule has 0 bridgehead atoms. The fourth-order valence-corrected chi connectivity index (χ4v) is 7.49. The Bertz CT molecular complexity index is 748. The number of nitrogens with zero attached hydrogens (tertiary/aromatic N) is 1. The lowest BCUT2D eigenvalue weighted by Gasteiger charge is -2.56.